The summed E-state index contributed by atoms with van der Waals surface area (Å²) in [6, 6.07) is 132. The third kappa shape index (κ3) is 9.80. The van der Waals surface area contributed by atoms with Crippen LogP contribution in [0.4, 0.5) is 0 Å². The average molecular weight is 1250 g/mol. The summed E-state index contributed by atoms with van der Waals surface area (Å²) in [5, 5.41) is 19.4. The first-order chi connectivity index (χ1) is 48.6. The average Bonchev–Trinajstić information content (AvgIpc) is 1.11. The molecule has 2 heteroatoms. The minimum Gasteiger partial charge on any atom is -0.456 e. The van der Waals surface area contributed by atoms with Crippen molar-refractivity contribution in [2.24, 2.45) is 0 Å². The van der Waals surface area contributed by atoms with Crippen molar-refractivity contribution >= 4 is 109 Å². The number of hydrogen-bond donors (Lipinski definition) is 0. The Morgan fingerprint density at radius 2 is 0.357 bits per heavy atom. The van der Waals surface area contributed by atoms with Gasteiger partial charge in [0.25, 0.3) is 0 Å². The van der Waals surface area contributed by atoms with E-state index in [4.69, 9.17) is 8.83 Å². The second-order valence-corrected chi connectivity index (χ2v) is 25.8. The van der Waals surface area contributed by atoms with Gasteiger partial charge in [0.15, 0.2) is 0 Å². The molecule has 0 aliphatic rings. The van der Waals surface area contributed by atoms with E-state index in [9.17, 15) is 0 Å². The molecule has 0 spiro atoms. The first kappa shape index (κ1) is 56.6. The van der Waals surface area contributed by atoms with Crippen molar-refractivity contribution in [2.45, 2.75) is 0 Å². The summed E-state index contributed by atoms with van der Waals surface area (Å²) in [5.41, 5.74) is 23.2. The van der Waals surface area contributed by atoms with Gasteiger partial charge in [-0.05, 0) is 220 Å². The van der Waals surface area contributed by atoms with Crippen molar-refractivity contribution < 1.29 is 8.83 Å². The highest BCUT2D eigenvalue weighted by Crippen LogP contribution is 2.48. The van der Waals surface area contributed by atoms with E-state index in [1.807, 2.05) is 0 Å². The molecule has 2 nitrogen and oxygen atoms in total. The van der Waals surface area contributed by atoms with E-state index >= 15 is 0 Å². The van der Waals surface area contributed by atoms with E-state index in [0.29, 0.717) is 0 Å². The molecule has 0 unspecified atom stereocenters. The smallest absolute Gasteiger partial charge is 0.136 e. The van der Waals surface area contributed by atoms with Gasteiger partial charge in [0.2, 0.25) is 0 Å². The summed E-state index contributed by atoms with van der Waals surface area (Å²) >= 11 is 0. The highest BCUT2D eigenvalue weighted by atomic mass is 16.3. The molecule has 0 N–H and O–H groups in total. The zero-order valence-corrected chi connectivity index (χ0v) is 53.5. The third-order valence-corrected chi connectivity index (χ3v) is 20.0. The highest BCUT2D eigenvalue weighted by molar-refractivity contribution is 6.23. The summed E-state index contributed by atoms with van der Waals surface area (Å²) in [6.45, 7) is 0. The number of fused-ring (bicyclic) bond motifs is 12. The second kappa shape index (κ2) is 23.5. The van der Waals surface area contributed by atoms with Gasteiger partial charge in [-0.3, -0.25) is 0 Å². The SMILES string of the molecule is c1ccc(-c2ccc(-c3c4ccccc4c(-c4cccc(-c5ccc6oc7cc8ccccc8cc7c6c5)c4)c4ccccc34)cc2)cc1.c1ccc(-c2cccc(-c3c4ccccc4c(-c4cccc(-c5ccc6oc7cc8ccccc8cc7c6c5)c4)c4ccccc34)c2)cc1. The Bertz CT molecular complexity index is 6420. The van der Waals surface area contributed by atoms with Crippen LogP contribution >= 0.6 is 0 Å². The van der Waals surface area contributed by atoms with Crippen LogP contribution in [0.5, 0.6) is 0 Å². The van der Waals surface area contributed by atoms with E-state index in [1.165, 1.54) is 154 Å². The van der Waals surface area contributed by atoms with Crippen LogP contribution in [0, 0.1) is 0 Å². The fourth-order valence-corrected chi connectivity index (χ4v) is 15.4. The molecule has 18 aromatic carbocycles. The largest absolute Gasteiger partial charge is 0.456 e. The Morgan fingerprint density at radius 1 is 0.122 bits per heavy atom. The minimum atomic E-state index is 0.911. The zero-order valence-electron chi connectivity index (χ0n) is 53.5. The van der Waals surface area contributed by atoms with Crippen molar-refractivity contribution in [2.75, 3.05) is 0 Å². The third-order valence-electron chi connectivity index (χ3n) is 20.0. The van der Waals surface area contributed by atoms with E-state index in [2.05, 4.69) is 364 Å². The molecule has 0 saturated heterocycles. The Balaban J connectivity index is 0.000000137. The fourth-order valence-electron chi connectivity index (χ4n) is 15.4. The van der Waals surface area contributed by atoms with Crippen molar-refractivity contribution in [1.82, 2.24) is 0 Å². The fraction of sp³-hybridized carbons (Fsp3) is 0. The van der Waals surface area contributed by atoms with Crippen LogP contribution in [0.3, 0.4) is 0 Å². The number of rotatable bonds is 8. The van der Waals surface area contributed by atoms with Gasteiger partial charge in [0, 0.05) is 21.5 Å². The molecule has 0 bridgehead atoms. The molecule has 0 atom stereocenters. The van der Waals surface area contributed by atoms with Gasteiger partial charge in [0.05, 0.1) is 0 Å². The molecular weight excluding hydrogens is 1190 g/mol. The van der Waals surface area contributed by atoms with E-state index < -0.39 is 0 Å². The summed E-state index contributed by atoms with van der Waals surface area (Å²) in [4.78, 5) is 0. The van der Waals surface area contributed by atoms with Crippen molar-refractivity contribution in [3.05, 3.63) is 364 Å². The summed E-state index contributed by atoms with van der Waals surface area (Å²) < 4.78 is 12.6. The zero-order chi connectivity index (χ0) is 64.6. The number of furan rings is 2. The topological polar surface area (TPSA) is 26.3 Å². The molecule has 20 rings (SSSR count). The molecular formula is C96H60O2. The van der Waals surface area contributed by atoms with Crippen LogP contribution in [0.2, 0.25) is 0 Å². The molecule has 0 saturated carbocycles. The van der Waals surface area contributed by atoms with Gasteiger partial charge in [0.1, 0.15) is 22.3 Å². The van der Waals surface area contributed by atoms with Crippen molar-refractivity contribution in [1.29, 1.82) is 0 Å². The molecule has 456 valence electrons. The number of benzene rings is 18. The Hall–Kier alpha value is -12.9. The van der Waals surface area contributed by atoms with E-state index in [-0.39, 0.29) is 0 Å². The highest BCUT2D eigenvalue weighted by Gasteiger charge is 2.21. The van der Waals surface area contributed by atoms with Crippen LogP contribution in [0.25, 0.3) is 198 Å². The first-order valence-electron chi connectivity index (χ1n) is 33.7. The molecule has 0 aliphatic carbocycles. The lowest BCUT2D eigenvalue weighted by Gasteiger charge is -2.18. The lowest BCUT2D eigenvalue weighted by Crippen LogP contribution is -1.91. The van der Waals surface area contributed by atoms with Gasteiger partial charge in [-0.1, -0.05) is 297 Å². The predicted octanol–water partition coefficient (Wildman–Crippen LogP) is 27.4. The van der Waals surface area contributed by atoms with Crippen LogP contribution in [-0.2, 0) is 0 Å². The van der Waals surface area contributed by atoms with Crippen LogP contribution in [-0.4, -0.2) is 0 Å². The van der Waals surface area contributed by atoms with Crippen LogP contribution < -0.4 is 0 Å². The van der Waals surface area contributed by atoms with Crippen molar-refractivity contribution in [3.63, 3.8) is 0 Å². The predicted molar refractivity (Wildman–Crippen MR) is 416 cm³/mol. The molecule has 0 fully saturated rings. The van der Waals surface area contributed by atoms with E-state index in [1.54, 1.807) is 0 Å². The Labute approximate surface area is 566 Å². The molecule has 20 aromatic rings. The Kier molecular flexibility index (Phi) is 13.6. The lowest BCUT2D eigenvalue weighted by molar-refractivity contribution is 0.669. The second-order valence-electron chi connectivity index (χ2n) is 25.8. The maximum absolute atomic E-state index is 6.32. The summed E-state index contributed by atoms with van der Waals surface area (Å²) in [6.07, 6.45) is 0. The molecule has 0 aliphatic heterocycles. The van der Waals surface area contributed by atoms with Crippen LogP contribution in [0.1, 0.15) is 0 Å². The minimum absolute atomic E-state index is 0.911. The lowest BCUT2D eigenvalue weighted by atomic mass is 9.85. The molecule has 2 aromatic heterocycles. The van der Waals surface area contributed by atoms with E-state index in [0.717, 1.165) is 43.9 Å². The monoisotopic (exact) mass is 1240 g/mol. The van der Waals surface area contributed by atoms with Gasteiger partial charge >= 0.3 is 0 Å². The normalized spacial score (nSPS) is 11.7. The molecule has 0 amide bonds. The molecule has 0 radical (unpaired) electrons. The van der Waals surface area contributed by atoms with Gasteiger partial charge in [-0.15, -0.1) is 0 Å². The van der Waals surface area contributed by atoms with Gasteiger partial charge in [-0.25, -0.2) is 0 Å². The molecule has 98 heavy (non-hydrogen) atoms. The van der Waals surface area contributed by atoms with Crippen molar-refractivity contribution in [3.8, 4) is 89.0 Å². The maximum Gasteiger partial charge on any atom is 0.136 e. The number of hydrogen-bond acceptors (Lipinski definition) is 2. The summed E-state index contributed by atoms with van der Waals surface area (Å²) in [5.74, 6) is 0. The first-order valence-corrected chi connectivity index (χ1v) is 33.7. The Morgan fingerprint density at radius 3 is 0.724 bits per heavy atom. The molecule has 2 heterocycles. The maximum atomic E-state index is 6.32. The standard InChI is InChI=1S/2C48H30O/c1-2-12-31(13-3-1)32-16-10-18-37(26-32)47-39-20-6-8-22-41(39)48(42-23-9-7-21-40(42)47)38-19-11-17-33(27-38)36-24-25-45-43(29-36)44-28-34-14-4-5-15-35(34)30-46(44)49-45;1-2-11-31(12-3-1)32-21-23-33(24-22-32)47-39-17-6-8-19-41(39)48(42-20-9-7-18-40(42)47)38-16-10-15-34(27-38)37-25-26-45-43(29-37)44-28-35-13-4-5-14-36(35)30-46(44)49-45/h2*1-30H. The quantitative estimate of drug-likeness (QED) is 0.142. The van der Waals surface area contributed by atoms with Gasteiger partial charge in [-0.2, -0.15) is 0 Å². The van der Waals surface area contributed by atoms with Gasteiger partial charge < -0.3 is 8.83 Å². The summed E-state index contributed by atoms with van der Waals surface area (Å²) in [7, 11) is 0. The van der Waals surface area contributed by atoms with Crippen LogP contribution in [0.15, 0.2) is 373 Å².